The summed E-state index contributed by atoms with van der Waals surface area (Å²) in [6, 6.07) is 3.98. The average Bonchev–Trinajstić information content (AvgIpc) is 3.39. The summed E-state index contributed by atoms with van der Waals surface area (Å²) in [7, 11) is 0. The number of nitrogens with zero attached hydrogens (tertiary/aromatic N) is 4. The van der Waals surface area contributed by atoms with Crippen molar-refractivity contribution in [1.82, 2.24) is 20.0 Å². The molecular weight excluding hydrogens is 298 g/mol. The molecule has 8 nitrogen and oxygen atoms in total. The highest BCUT2D eigenvalue weighted by Gasteiger charge is 2.26. The first-order chi connectivity index (χ1) is 11.2. The zero-order valence-corrected chi connectivity index (χ0v) is 13.2. The fraction of sp³-hybridized carbons (Fsp3) is 0.600. The third kappa shape index (κ3) is 3.88. The van der Waals surface area contributed by atoms with E-state index in [1.807, 2.05) is 0 Å². The minimum absolute atomic E-state index is 0.154. The van der Waals surface area contributed by atoms with Gasteiger partial charge in [-0.2, -0.15) is 0 Å². The maximum Gasteiger partial charge on any atom is 0.409 e. The number of anilines is 1. The zero-order valence-electron chi connectivity index (χ0n) is 13.2. The Morgan fingerprint density at radius 3 is 2.43 bits per heavy atom. The molecule has 0 aromatic carbocycles. The van der Waals surface area contributed by atoms with E-state index in [1.54, 1.807) is 28.9 Å². The number of aromatic nitrogens is 2. The molecule has 1 saturated carbocycles. The molecule has 23 heavy (non-hydrogen) atoms. The SMILES string of the molecule is CCOC(=O)N1CCN(C(=O)c2ccc(NC3CC3)nn2)CC1. The number of hydrogen-bond acceptors (Lipinski definition) is 6. The van der Waals surface area contributed by atoms with E-state index in [-0.39, 0.29) is 12.0 Å². The highest BCUT2D eigenvalue weighted by atomic mass is 16.6. The lowest BCUT2D eigenvalue weighted by atomic mass is 10.2. The van der Waals surface area contributed by atoms with Crippen LogP contribution in [0, 0.1) is 0 Å². The van der Waals surface area contributed by atoms with Gasteiger partial charge in [0, 0.05) is 32.2 Å². The van der Waals surface area contributed by atoms with E-state index < -0.39 is 0 Å². The fourth-order valence-corrected chi connectivity index (χ4v) is 2.43. The Morgan fingerprint density at radius 2 is 1.87 bits per heavy atom. The first kappa shape index (κ1) is 15.5. The molecule has 1 saturated heterocycles. The molecule has 1 aromatic rings. The van der Waals surface area contributed by atoms with Crippen molar-refractivity contribution in [2.45, 2.75) is 25.8 Å². The molecule has 124 valence electrons. The van der Waals surface area contributed by atoms with Crippen molar-refractivity contribution in [3.63, 3.8) is 0 Å². The van der Waals surface area contributed by atoms with Crippen molar-refractivity contribution in [2.24, 2.45) is 0 Å². The maximum absolute atomic E-state index is 12.4. The van der Waals surface area contributed by atoms with Crippen LogP contribution in [0.3, 0.4) is 0 Å². The van der Waals surface area contributed by atoms with Crippen LogP contribution in [0.2, 0.25) is 0 Å². The van der Waals surface area contributed by atoms with Crippen molar-refractivity contribution in [3.05, 3.63) is 17.8 Å². The van der Waals surface area contributed by atoms with Gasteiger partial charge in [0.05, 0.1) is 6.61 Å². The molecule has 1 aliphatic heterocycles. The van der Waals surface area contributed by atoms with E-state index in [4.69, 9.17) is 4.74 Å². The van der Waals surface area contributed by atoms with Crippen molar-refractivity contribution in [2.75, 3.05) is 38.1 Å². The van der Waals surface area contributed by atoms with Crippen LogP contribution in [-0.4, -0.2) is 70.8 Å². The summed E-state index contributed by atoms with van der Waals surface area (Å²) >= 11 is 0. The van der Waals surface area contributed by atoms with E-state index in [2.05, 4.69) is 15.5 Å². The maximum atomic E-state index is 12.4. The standard InChI is InChI=1S/C15H21N5O3/c1-2-23-15(22)20-9-7-19(8-10-20)14(21)12-5-6-13(18-17-12)16-11-3-4-11/h5-6,11H,2-4,7-10H2,1H3,(H,16,18). The Balaban J connectivity index is 1.53. The highest BCUT2D eigenvalue weighted by Crippen LogP contribution is 2.23. The number of nitrogens with one attached hydrogen (secondary N) is 1. The van der Waals surface area contributed by atoms with Crippen LogP contribution in [-0.2, 0) is 4.74 Å². The van der Waals surface area contributed by atoms with E-state index in [0.29, 0.717) is 50.3 Å². The second kappa shape index (κ2) is 6.80. The van der Waals surface area contributed by atoms with Gasteiger partial charge in [-0.15, -0.1) is 10.2 Å². The number of amides is 2. The molecule has 2 amide bonds. The summed E-state index contributed by atoms with van der Waals surface area (Å²) in [5.74, 6) is 0.551. The van der Waals surface area contributed by atoms with E-state index in [0.717, 1.165) is 12.8 Å². The van der Waals surface area contributed by atoms with Crippen LogP contribution in [0.15, 0.2) is 12.1 Å². The third-order valence-electron chi connectivity index (χ3n) is 3.91. The molecule has 1 N–H and O–H groups in total. The monoisotopic (exact) mass is 319 g/mol. The molecule has 0 spiro atoms. The van der Waals surface area contributed by atoms with Crippen molar-refractivity contribution in [3.8, 4) is 0 Å². The van der Waals surface area contributed by atoms with Crippen molar-refractivity contribution >= 4 is 17.8 Å². The summed E-state index contributed by atoms with van der Waals surface area (Å²) in [6.07, 6.45) is 2.00. The van der Waals surface area contributed by atoms with Gasteiger partial charge in [-0.05, 0) is 31.9 Å². The summed E-state index contributed by atoms with van der Waals surface area (Å²) < 4.78 is 4.97. The molecule has 2 heterocycles. The topological polar surface area (TPSA) is 87.7 Å². The quantitative estimate of drug-likeness (QED) is 0.889. The zero-order chi connectivity index (χ0) is 16.2. The van der Waals surface area contributed by atoms with Gasteiger partial charge in [-0.3, -0.25) is 4.79 Å². The Kier molecular flexibility index (Phi) is 4.59. The van der Waals surface area contributed by atoms with Crippen molar-refractivity contribution in [1.29, 1.82) is 0 Å². The minimum Gasteiger partial charge on any atom is -0.450 e. The van der Waals surface area contributed by atoms with E-state index >= 15 is 0 Å². The molecular formula is C15H21N5O3. The van der Waals surface area contributed by atoms with E-state index in [1.165, 1.54) is 0 Å². The van der Waals surface area contributed by atoms with Gasteiger partial charge in [0.15, 0.2) is 5.69 Å². The molecule has 1 aliphatic carbocycles. The summed E-state index contributed by atoms with van der Waals surface area (Å²) in [5.41, 5.74) is 0.330. The predicted octanol–water partition coefficient (Wildman–Crippen LogP) is 0.965. The first-order valence-electron chi connectivity index (χ1n) is 7.98. The van der Waals surface area contributed by atoms with Gasteiger partial charge in [0.1, 0.15) is 5.82 Å². The molecule has 0 unspecified atom stereocenters. The van der Waals surface area contributed by atoms with Crippen LogP contribution >= 0.6 is 0 Å². The molecule has 3 rings (SSSR count). The molecule has 0 bridgehead atoms. The lowest BCUT2D eigenvalue weighted by molar-refractivity contribution is 0.0565. The minimum atomic E-state index is -0.324. The van der Waals surface area contributed by atoms with Gasteiger partial charge in [-0.1, -0.05) is 0 Å². The number of hydrogen-bond donors (Lipinski definition) is 1. The molecule has 2 fully saturated rings. The first-order valence-corrected chi connectivity index (χ1v) is 7.98. The van der Waals surface area contributed by atoms with Gasteiger partial charge in [-0.25, -0.2) is 4.79 Å². The highest BCUT2D eigenvalue weighted by molar-refractivity contribution is 5.92. The van der Waals surface area contributed by atoms with Gasteiger partial charge in [0.2, 0.25) is 0 Å². The molecule has 8 heteroatoms. The Bertz CT molecular complexity index is 565. The van der Waals surface area contributed by atoms with Crippen LogP contribution in [0.25, 0.3) is 0 Å². The summed E-state index contributed by atoms with van der Waals surface area (Å²) in [5, 5.41) is 11.3. The lowest BCUT2D eigenvalue weighted by Gasteiger charge is -2.33. The second-order valence-electron chi connectivity index (χ2n) is 5.70. The number of carbonyl (C=O) groups excluding carboxylic acids is 2. The molecule has 2 aliphatic rings. The average molecular weight is 319 g/mol. The number of piperazine rings is 1. The van der Waals surface area contributed by atoms with Crippen LogP contribution in [0.1, 0.15) is 30.3 Å². The third-order valence-corrected chi connectivity index (χ3v) is 3.91. The number of ether oxygens (including phenoxy) is 1. The largest absolute Gasteiger partial charge is 0.450 e. The fourth-order valence-electron chi connectivity index (χ4n) is 2.43. The van der Waals surface area contributed by atoms with Crippen LogP contribution < -0.4 is 5.32 Å². The van der Waals surface area contributed by atoms with Crippen molar-refractivity contribution < 1.29 is 14.3 Å². The molecule has 1 aromatic heterocycles. The van der Waals surface area contributed by atoms with Gasteiger partial charge >= 0.3 is 6.09 Å². The number of carbonyl (C=O) groups is 2. The predicted molar refractivity (Wildman–Crippen MR) is 83.2 cm³/mol. The molecule has 0 atom stereocenters. The van der Waals surface area contributed by atoms with Crippen LogP contribution in [0.4, 0.5) is 10.6 Å². The Hall–Kier alpha value is -2.38. The lowest BCUT2D eigenvalue weighted by Crippen LogP contribution is -2.50. The Morgan fingerprint density at radius 1 is 1.17 bits per heavy atom. The van der Waals surface area contributed by atoms with Gasteiger partial charge in [0.25, 0.3) is 5.91 Å². The molecule has 0 radical (unpaired) electrons. The summed E-state index contributed by atoms with van der Waals surface area (Å²) in [6.45, 7) is 4.02. The second-order valence-corrected chi connectivity index (χ2v) is 5.70. The smallest absolute Gasteiger partial charge is 0.409 e. The normalized spacial score (nSPS) is 17.8. The number of rotatable bonds is 4. The Labute approximate surface area is 134 Å². The summed E-state index contributed by atoms with van der Waals surface area (Å²) in [4.78, 5) is 27.4. The van der Waals surface area contributed by atoms with Crippen LogP contribution in [0.5, 0.6) is 0 Å². The van der Waals surface area contributed by atoms with E-state index in [9.17, 15) is 9.59 Å². The van der Waals surface area contributed by atoms with Gasteiger partial charge < -0.3 is 19.9 Å².